The van der Waals surface area contributed by atoms with E-state index >= 15 is 0 Å². The molecule has 4 nitrogen and oxygen atoms in total. The van der Waals surface area contributed by atoms with Crippen LogP contribution in [0, 0.1) is 0 Å². The molecule has 1 amide bonds. The van der Waals surface area contributed by atoms with E-state index in [1.54, 1.807) is 0 Å². The van der Waals surface area contributed by atoms with Gasteiger partial charge in [-0.3, -0.25) is 4.79 Å². The highest BCUT2D eigenvalue weighted by atomic mass is 16.1. The fraction of sp³-hybridized carbons (Fsp3) is 0.909. The van der Waals surface area contributed by atoms with Gasteiger partial charge in [0.15, 0.2) is 0 Å². The van der Waals surface area contributed by atoms with Gasteiger partial charge in [-0.25, -0.2) is 0 Å². The highest BCUT2D eigenvalue weighted by Crippen LogP contribution is 2.09. The second kappa shape index (κ2) is 6.80. The Kier molecular flexibility index (Phi) is 5.65. The van der Waals surface area contributed by atoms with Crippen molar-refractivity contribution in [2.24, 2.45) is 0 Å². The summed E-state index contributed by atoms with van der Waals surface area (Å²) >= 11 is 0. The first-order valence-corrected chi connectivity index (χ1v) is 5.92. The number of rotatable bonds is 5. The van der Waals surface area contributed by atoms with E-state index < -0.39 is 0 Å². The lowest BCUT2D eigenvalue weighted by Gasteiger charge is -2.32. The van der Waals surface area contributed by atoms with Crippen LogP contribution in [-0.4, -0.2) is 50.1 Å². The number of nitrogens with one attached hydrogen (secondary N) is 2. The number of carbonyl (C=O) groups is 1. The molecule has 15 heavy (non-hydrogen) atoms. The second-order valence-corrected chi connectivity index (χ2v) is 4.15. The van der Waals surface area contributed by atoms with Crippen LogP contribution < -0.4 is 10.6 Å². The number of piperidine rings is 1. The van der Waals surface area contributed by atoms with E-state index in [9.17, 15) is 4.79 Å². The summed E-state index contributed by atoms with van der Waals surface area (Å²) in [5, 5.41) is 6.08. The summed E-state index contributed by atoms with van der Waals surface area (Å²) in [5.74, 6) is 0.173. The number of hydrogen-bond acceptors (Lipinski definition) is 3. The van der Waals surface area contributed by atoms with Crippen LogP contribution in [0.4, 0.5) is 0 Å². The van der Waals surface area contributed by atoms with Crippen LogP contribution in [0.3, 0.4) is 0 Å². The van der Waals surface area contributed by atoms with Gasteiger partial charge in [0, 0.05) is 25.6 Å². The van der Waals surface area contributed by atoms with Gasteiger partial charge in [-0.05, 0) is 33.0 Å². The maximum Gasteiger partial charge on any atom is 0.221 e. The number of carbonyl (C=O) groups excluding carboxylic acids is 1. The van der Waals surface area contributed by atoms with Gasteiger partial charge in [-0.15, -0.1) is 0 Å². The molecule has 4 heteroatoms. The molecule has 0 saturated carbocycles. The Balaban J connectivity index is 2.22. The third-order valence-electron chi connectivity index (χ3n) is 2.92. The largest absolute Gasteiger partial charge is 0.352 e. The second-order valence-electron chi connectivity index (χ2n) is 4.15. The molecule has 1 rings (SSSR count). The van der Waals surface area contributed by atoms with E-state index in [-0.39, 0.29) is 5.91 Å². The van der Waals surface area contributed by atoms with Crippen molar-refractivity contribution in [2.45, 2.75) is 32.2 Å². The maximum atomic E-state index is 11.5. The Morgan fingerprint density at radius 2 is 2.33 bits per heavy atom. The zero-order valence-electron chi connectivity index (χ0n) is 9.88. The molecule has 0 aliphatic carbocycles. The minimum absolute atomic E-state index is 0.173. The molecule has 0 aromatic carbocycles. The zero-order chi connectivity index (χ0) is 11.1. The monoisotopic (exact) mass is 213 g/mol. The zero-order valence-corrected chi connectivity index (χ0v) is 9.88. The van der Waals surface area contributed by atoms with Crippen LogP contribution in [-0.2, 0) is 4.79 Å². The maximum absolute atomic E-state index is 11.5. The van der Waals surface area contributed by atoms with Crippen molar-refractivity contribution in [1.82, 2.24) is 15.5 Å². The van der Waals surface area contributed by atoms with Crippen molar-refractivity contribution < 1.29 is 4.79 Å². The summed E-state index contributed by atoms with van der Waals surface area (Å²) in [4.78, 5) is 13.9. The quantitative estimate of drug-likeness (QED) is 0.685. The van der Waals surface area contributed by atoms with Gasteiger partial charge in [-0.1, -0.05) is 6.92 Å². The summed E-state index contributed by atoms with van der Waals surface area (Å²) in [5.41, 5.74) is 0. The number of likely N-dealkylation sites (tertiary alicyclic amines) is 1. The van der Waals surface area contributed by atoms with Crippen LogP contribution in [0.2, 0.25) is 0 Å². The Labute approximate surface area is 92.4 Å². The summed E-state index contributed by atoms with van der Waals surface area (Å²) in [7, 11) is 1.87. The van der Waals surface area contributed by atoms with Crippen molar-refractivity contribution >= 4 is 5.91 Å². The molecular weight excluding hydrogens is 190 g/mol. The van der Waals surface area contributed by atoms with Gasteiger partial charge in [0.1, 0.15) is 0 Å². The average Bonchev–Trinajstić information content (AvgIpc) is 2.26. The molecule has 0 bridgehead atoms. The third kappa shape index (κ3) is 4.62. The highest BCUT2D eigenvalue weighted by Gasteiger charge is 2.19. The summed E-state index contributed by atoms with van der Waals surface area (Å²) in [6.07, 6.45) is 2.91. The van der Waals surface area contributed by atoms with E-state index in [1.165, 1.54) is 13.0 Å². The molecule has 1 heterocycles. The number of nitrogens with zero attached hydrogens (tertiary/aromatic N) is 1. The molecule has 1 unspecified atom stereocenters. The van der Waals surface area contributed by atoms with Crippen molar-refractivity contribution in [1.29, 1.82) is 0 Å². The first-order valence-electron chi connectivity index (χ1n) is 5.92. The van der Waals surface area contributed by atoms with Gasteiger partial charge in [0.2, 0.25) is 5.91 Å². The molecule has 0 spiro atoms. The topological polar surface area (TPSA) is 44.4 Å². The fourth-order valence-corrected chi connectivity index (χ4v) is 2.00. The number of likely N-dealkylation sites (N-methyl/N-ethyl adjacent to an activating group) is 1. The first-order chi connectivity index (χ1) is 7.26. The van der Waals surface area contributed by atoms with E-state index in [4.69, 9.17) is 0 Å². The Morgan fingerprint density at radius 1 is 1.53 bits per heavy atom. The molecule has 0 radical (unpaired) electrons. The molecule has 2 N–H and O–H groups in total. The third-order valence-corrected chi connectivity index (χ3v) is 2.92. The number of hydrogen-bond donors (Lipinski definition) is 2. The number of amides is 1. The SMILES string of the molecule is CCN1CCCC(NC(=O)CCNC)C1. The lowest BCUT2D eigenvalue weighted by Crippen LogP contribution is -2.47. The summed E-state index contributed by atoms with van der Waals surface area (Å²) in [6, 6.07) is 0.364. The summed E-state index contributed by atoms with van der Waals surface area (Å²) in [6.45, 7) is 6.21. The van der Waals surface area contributed by atoms with Crippen molar-refractivity contribution in [3.8, 4) is 0 Å². The minimum Gasteiger partial charge on any atom is -0.352 e. The molecule has 1 aliphatic rings. The standard InChI is InChI=1S/C11H23N3O/c1-3-14-8-4-5-10(9-14)13-11(15)6-7-12-2/h10,12H,3-9H2,1-2H3,(H,13,15). The lowest BCUT2D eigenvalue weighted by molar-refractivity contribution is -0.122. The van der Waals surface area contributed by atoms with Crippen LogP contribution in [0.25, 0.3) is 0 Å². The Hall–Kier alpha value is -0.610. The van der Waals surface area contributed by atoms with E-state index in [1.807, 2.05) is 7.05 Å². The van der Waals surface area contributed by atoms with Crippen molar-refractivity contribution in [2.75, 3.05) is 33.2 Å². The van der Waals surface area contributed by atoms with Crippen LogP contribution in [0.15, 0.2) is 0 Å². The molecule has 0 aromatic rings. The van der Waals surface area contributed by atoms with E-state index in [2.05, 4.69) is 22.5 Å². The fourth-order valence-electron chi connectivity index (χ4n) is 2.00. The molecule has 1 atom stereocenters. The van der Waals surface area contributed by atoms with Crippen LogP contribution in [0.5, 0.6) is 0 Å². The Bertz CT molecular complexity index is 196. The molecule has 1 saturated heterocycles. The van der Waals surface area contributed by atoms with Gasteiger partial charge in [-0.2, -0.15) is 0 Å². The summed E-state index contributed by atoms with van der Waals surface area (Å²) < 4.78 is 0. The lowest BCUT2D eigenvalue weighted by atomic mass is 10.1. The van der Waals surface area contributed by atoms with E-state index in [0.717, 1.165) is 26.1 Å². The van der Waals surface area contributed by atoms with Gasteiger partial charge in [0.05, 0.1) is 0 Å². The molecule has 1 fully saturated rings. The molecule has 88 valence electrons. The highest BCUT2D eigenvalue weighted by molar-refractivity contribution is 5.76. The molecular formula is C11H23N3O. The normalized spacial score (nSPS) is 22.7. The van der Waals surface area contributed by atoms with Gasteiger partial charge >= 0.3 is 0 Å². The van der Waals surface area contributed by atoms with E-state index in [0.29, 0.717) is 12.5 Å². The van der Waals surface area contributed by atoms with Crippen LogP contribution >= 0.6 is 0 Å². The van der Waals surface area contributed by atoms with Crippen molar-refractivity contribution in [3.05, 3.63) is 0 Å². The van der Waals surface area contributed by atoms with Crippen molar-refractivity contribution in [3.63, 3.8) is 0 Å². The molecule has 0 aromatic heterocycles. The Morgan fingerprint density at radius 3 is 3.00 bits per heavy atom. The van der Waals surface area contributed by atoms with Gasteiger partial charge in [0.25, 0.3) is 0 Å². The average molecular weight is 213 g/mol. The van der Waals surface area contributed by atoms with Crippen LogP contribution in [0.1, 0.15) is 26.2 Å². The first kappa shape index (κ1) is 12.5. The van der Waals surface area contributed by atoms with Gasteiger partial charge < -0.3 is 15.5 Å². The predicted octanol–water partition coefficient (Wildman–Crippen LogP) is 0.196. The smallest absolute Gasteiger partial charge is 0.221 e. The predicted molar refractivity (Wildman–Crippen MR) is 61.8 cm³/mol. The minimum atomic E-state index is 0.173. The molecule has 1 aliphatic heterocycles.